The van der Waals surface area contributed by atoms with Crippen molar-refractivity contribution in [3.05, 3.63) is 94.1 Å². The number of carbonyl (C=O) groups is 1. The zero-order valence-corrected chi connectivity index (χ0v) is 20.9. The van der Waals surface area contributed by atoms with E-state index in [2.05, 4.69) is 0 Å². The number of aromatic nitrogens is 2. The molecule has 0 N–H and O–H groups in total. The van der Waals surface area contributed by atoms with Crippen LogP contribution in [0.4, 0.5) is 4.39 Å². The number of amides is 1. The summed E-state index contributed by atoms with van der Waals surface area (Å²) < 4.78 is 27.6. The van der Waals surface area contributed by atoms with E-state index in [4.69, 9.17) is 14.6 Å². The van der Waals surface area contributed by atoms with Gasteiger partial charge >= 0.3 is 0 Å². The summed E-state index contributed by atoms with van der Waals surface area (Å²) >= 11 is 1.43. The first-order valence-electron chi connectivity index (χ1n) is 12.2. The summed E-state index contributed by atoms with van der Waals surface area (Å²) in [5, 5.41) is 6.74. The third-order valence-corrected chi connectivity index (χ3v) is 7.06. The minimum atomic E-state index is -0.323. The van der Waals surface area contributed by atoms with Crippen LogP contribution in [-0.2, 0) is 17.7 Å². The van der Waals surface area contributed by atoms with Crippen LogP contribution in [0.25, 0.3) is 5.69 Å². The van der Waals surface area contributed by atoms with Crippen molar-refractivity contribution in [2.24, 2.45) is 0 Å². The molecule has 0 radical (unpaired) electrons. The number of carbonyl (C=O) groups excluding carboxylic acids is 1. The number of aryl methyl sites for hydroxylation is 1. The van der Waals surface area contributed by atoms with Crippen molar-refractivity contribution in [3.8, 4) is 17.3 Å². The first kappa shape index (κ1) is 24.2. The van der Waals surface area contributed by atoms with Crippen molar-refractivity contribution in [3.63, 3.8) is 0 Å². The lowest BCUT2D eigenvalue weighted by Crippen LogP contribution is -2.36. The Balaban J connectivity index is 1.57. The topological polar surface area (TPSA) is 56.6 Å². The number of hydrogen-bond acceptors (Lipinski definition) is 5. The SMILES string of the molecule is CCc1nn(-c2ccc(F)cc2)c(Oc2ccccc2)c1CN(CC1CCCO1)C(=O)c1cccs1. The average molecular weight is 506 g/mol. The summed E-state index contributed by atoms with van der Waals surface area (Å²) in [6, 6.07) is 19.3. The Morgan fingerprint density at radius 3 is 2.64 bits per heavy atom. The molecule has 1 aliphatic rings. The molecule has 3 heterocycles. The van der Waals surface area contributed by atoms with Crippen LogP contribution >= 0.6 is 11.3 Å². The van der Waals surface area contributed by atoms with Crippen molar-refractivity contribution in [2.45, 2.75) is 38.8 Å². The highest BCUT2D eigenvalue weighted by Crippen LogP contribution is 2.33. The number of thiophene rings is 1. The Hall–Kier alpha value is -3.49. The number of ether oxygens (including phenoxy) is 2. The minimum absolute atomic E-state index is 0.00428. The van der Waals surface area contributed by atoms with E-state index in [1.807, 2.05) is 59.7 Å². The van der Waals surface area contributed by atoms with Gasteiger partial charge in [-0.2, -0.15) is 5.10 Å². The quantitative estimate of drug-likeness (QED) is 0.270. The average Bonchev–Trinajstić information content (AvgIpc) is 3.67. The molecule has 2 aromatic heterocycles. The Morgan fingerprint density at radius 1 is 1.17 bits per heavy atom. The van der Waals surface area contributed by atoms with E-state index in [1.54, 1.807) is 16.8 Å². The molecule has 1 saturated heterocycles. The van der Waals surface area contributed by atoms with E-state index in [9.17, 15) is 9.18 Å². The number of rotatable bonds is 9. The Morgan fingerprint density at radius 2 is 1.97 bits per heavy atom. The van der Waals surface area contributed by atoms with E-state index in [1.165, 1.54) is 23.5 Å². The number of hydrogen-bond donors (Lipinski definition) is 0. The lowest BCUT2D eigenvalue weighted by molar-refractivity contribution is 0.0509. The molecule has 1 atom stereocenters. The standard InChI is InChI=1S/C28H28FN3O3S/c1-2-25-24(19-31(18-23-10-6-16-34-23)27(33)26-11-7-17-36-26)28(35-22-8-4-3-5-9-22)32(30-25)21-14-12-20(29)13-15-21/h3-5,7-9,11-15,17,23H,2,6,10,16,18-19H2,1H3. The molecule has 36 heavy (non-hydrogen) atoms. The van der Waals surface area contributed by atoms with Crippen LogP contribution in [0.15, 0.2) is 72.1 Å². The predicted octanol–water partition coefficient (Wildman–Crippen LogP) is 6.25. The van der Waals surface area contributed by atoms with Crippen molar-refractivity contribution in [1.29, 1.82) is 0 Å². The summed E-state index contributed by atoms with van der Waals surface area (Å²) in [6.45, 7) is 3.56. The van der Waals surface area contributed by atoms with Crippen molar-refractivity contribution < 1.29 is 18.7 Å². The van der Waals surface area contributed by atoms with Crippen molar-refractivity contribution >= 4 is 17.2 Å². The highest BCUT2D eigenvalue weighted by molar-refractivity contribution is 7.12. The number of benzene rings is 2. The maximum atomic E-state index is 13.7. The summed E-state index contributed by atoms with van der Waals surface area (Å²) in [5.74, 6) is 0.806. The molecule has 4 aromatic rings. The van der Waals surface area contributed by atoms with E-state index < -0.39 is 0 Å². The zero-order valence-electron chi connectivity index (χ0n) is 20.1. The first-order chi connectivity index (χ1) is 17.6. The molecule has 8 heteroatoms. The first-order valence-corrected chi connectivity index (χ1v) is 13.0. The van der Waals surface area contributed by atoms with Crippen LogP contribution in [0, 0.1) is 5.82 Å². The van der Waals surface area contributed by atoms with Crippen molar-refractivity contribution in [2.75, 3.05) is 13.2 Å². The molecule has 0 spiro atoms. The van der Waals surface area contributed by atoms with Crippen molar-refractivity contribution in [1.82, 2.24) is 14.7 Å². The molecular weight excluding hydrogens is 477 g/mol. The minimum Gasteiger partial charge on any atom is -0.439 e. The van der Waals surface area contributed by atoms with Gasteiger partial charge in [-0.3, -0.25) is 4.79 Å². The predicted molar refractivity (Wildman–Crippen MR) is 137 cm³/mol. The molecule has 2 aromatic carbocycles. The second kappa shape index (κ2) is 11.1. The molecule has 1 aliphatic heterocycles. The Kier molecular flexibility index (Phi) is 7.44. The molecule has 186 valence electrons. The largest absolute Gasteiger partial charge is 0.439 e. The summed E-state index contributed by atoms with van der Waals surface area (Å²) in [7, 11) is 0. The van der Waals surface area contributed by atoms with E-state index in [0.717, 1.165) is 30.7 Å². The second-order valence-corrected chi connectivity index (χ2v) is 9.63. The van der Waals surface area contributed by atoms with Gasteiger partial charge in [-0.25, -0.2) is 9.07 Å². The smallest absolute Gasteiger partial charge is 0.264 e. The molecule has 1 amide bonds. The summed E-state index contributed by atoms with van der Waals surface area (Å²) in [5.41, 5.74) is 2.33. The fourth-order valence-corrected chi connectivity index (χ4v) is 5.07. The van der Waals surface area contributed by atoms with Gasteiger partial charge in [0.15, 0.2) is 0 Å². The lowest BCUT2D eigenvalue weighted by atomic mass is 10.1. The second-order valence-electron chi connectivity index (χ2n) is 8.69. The van der Waals surface area contributed by atoms with Crippen LogP contribution < -0.4 is 4.74 Å². The zero-order chi connectivity index (χ0) is 24.9. The van der Waals surface area contributed by atoms with Crippen LogP contribution in [0.5, 0.6) is 11.6 Å². The summed E-state index contributed by atoms with van der Waals surface area (Å²) in [4.78, 5) is 16.1. The van der Waals surface area contributed by atoms with E-state index in [-0.39, 0.29) is 17.8 Å². The number of halogens is 1. The molecule has 0 saturated carbocycles. The molecule has 5 rings (SSSR count). The highest BCUT2D eigenvalue weighted by Gasteiger charge is 2.28. The monoisotopic (exact) mass is 505 g/mol. The van der Waals surface area contributed by atoms with E-state index >= 15 is 0 Å². The third-order valence-electron chi connectivity index (χ3n) is 6.20. The van der Waals surface area contributed by atoms with Gasteiger partial charge in [0, 0.05) is 13.2 Å². The molecule has 6 nitrogen and oxygen atoms in total. The molecule has 1 unspecified atom stereocenters. The van der Waals surface area contributed by atoms with Gasteiger partial charge in [0.25, 0.3) is 5.91 Å². The van der Waals surface area contributed by atoms with Gasteiger partial charge in [0.05, 0.1) is 34.5 Å². The molecule has 1 fully saturated rings. The highest BCUT2D eigenvalue weighted by atomic mass is 32.1. The fraction of sp³-hybridized carbons (Fsp3) is 0.286. The normalized spacial score (nSPS) is 15.2. The van der Waals surface area contributed by atoms with Crippen LogP contribution in [-0.4, -0.2) is 39.8 Å². The third kappa shape index (κ3) is 5.34. The van der Waals surface area contributed by atoms with Gasteiger partial charge in [-0.15, -0.1) is 11.3 Å². The number of nitrogens with zero attached hydrogens (tertiary/aromatic N) is 3. The van der Waals surface area contributed by atoms with Crippen LogP contribution in [0.3, 0.4) is 0 Å². The van der Waals surface area contributed by atoms with Gasteiger partial charge in [-0.1, -0.05) is 31.2 Å². The lowest BCUT2D eigenvalue weighted by Gasteiger charge is -2.25. The van der Waals surface area contributed by atoms with Gasteiger partial charge < -0.3 is 14.4 Å². The fourth-order valence-electron chi connectivity index (χ4n) is 4.38. The van der Waals surface area contributed by atoms with Gasteiger partial charge in [0.1, 0.15) is 11.6 Å². The Bertz CT molecular complexity index is 1280. The Labute approximate surface area is 213 Å². The molecular formula is C28H28FN3O3S. The maximum Gasteiger partial charge on any atom is 0.264 e. The van der Waals surface area contributed by atoms with Gasteiger partial charge in [0.2, 0.25) is 5.88 Å². The molecule has 0 aliphatic carbocycles. The van der Waals surface area contributed by atoms with Crippen LogP contribution in [0.2, 0.25) is 0 Å². The number of para-hydroxylation sites is 1. The molecule has 0 bridgehead atoms. The van der Waals surface area contributed by atoms with E-state index in [0.29, 0.717) is 41.7 Å². The summed E-state index contributed by atoms with van der Waals surface area (Å²) in [6.07, 6.45) is 2.58. The van der Waals surface area contributed by atoms with Crippen LogP contribution in [0.1, 0.15) is 40.7 Å². The van der Waals surface area contributed by atoms with Gasteiger partial charge in [-0.05, 0) is 67.1 Å². The maximum absolute atomic E-state index is 13.7.